The number of hydrogen-bond donors (Lipinski definition) is 0. The average molecular weight is 687 g/mol. The van der Waals surface area contributed by atoms with Gasteiger partial charge in [-0.25, -0.2) is 0 Å². The van der Waals surface area contributed by atoms with Crippen molar-refractivity contribution < 1.29 is 18.9 Å². The van der Waals surface area contributed by atoms with E-state index in [0.717, 1.165) is 49.1 Å². The molecule has 2 aromatic heterocycles. The summed E-state index contributed by atoms with van der Waals surface area (Å²) in [6, 6.07) is 6.60. The summed E-state index contributed by atoms with van der Waals surface area (Å²) in [7, 11) is 0. The molecule has 0 atom stereocenters. The molecule has 7 aromatic rings. The molecule has 0 aliphatic carbocycles. The second-order valence-electron chi connectivity index (χ2n) is 11.4. The fourth-order valence-electron chi connectivity index (χ4n) is 6.02. The van der Waals surface area contributed by atoms with E-state index in [-0.39, 0.29) is 67.6 Å². The Balaban J connectivity index is 1.57. The zero-order valence-corrected chi connectivity index (χ0v) is 27.9. The molecule has 0 aliphatic heterocycles. The van der Waals surface area contributed by atoms with Crippen LogP contribution in [0.25, 0.3) is 65.2 Å². The smallest absolute Gasteiger partial charge is 0.216 e. The Labute approximate surface area is 280 Å². The van der Waals surface area contributed by atoms with Gasteiger partial charge in [0, 0.05) is 56.3 Å². The Morgan fingerprint density at radius 3 is 1.29 bits per heavy atom. The van der Waals surface area contributed by atoms with Gasteiger partial charge >= 0.3 is 0 Å². The number of nitrogens with zero attached hydrogens (tertiary/aromatic N) is 4. The van der Waals surface area contributed by atoms with Gasteiger partial charge in [0.25, 0.3) is 0 Å². The van der Waals surface area contributed by atoms with E-state index in [1.165, 1.54) is 12.1 Å². The molecule has 5 aromatic carbocycles. The number of rotatable bonds is 14. The summed E-state index contributed by atoms with van der Waals surface area (Å²) in [5.74, 6) is 0.625. The molecule has 0 fully saturated rings. The minimum absolute atomic E-state index is 0.0375. The fourth-order valence-corrected chi connectivity index (χ4v) is 7.10. The summed E-state index contributed by atoms with van der Waals surface area (Å²) in [4.78, 5) is 56.0. The number of unbranched alkanes of at least 4 members (excludes halogenated alkanes) is 2. The van der Waals surface area contributed by atoms with Crippen molar-refractivity contribution in [3.8, 4) is 11.5 Å². The monoisotopic (exact) mass is 686 g/mol. The van der Waals surface area contributed by atoms with Crippen LogP contribution >= 0.6 is 23.5 Å². The first-order chi connectivity index (χ1) is 23.5. The normalized spacial score (nSPS) is 12.0. The lowest BCUT2D eigenvalue weighted by molar-refractivity contribution is 0.0985. The van der Waals surface area contributed by atoms with Gasteiger partial charge in [0.2, 0.25) is 21.7 Å². The highest BCUT2D eigenvalue weighted by Crippen LogP contribution is 2.42. The average Bonchev–Trinajstić information content (AvgIpc) is 3.80. The van der Waals surface area contributed by atoms with Crippen molar-refractivity contribution in [2.45, 2.75) is 39.5 Å². The van der Waals surface area contributed by atoms with Crippen LogP contribution in [0.4, 0.5) is 0 Å². The molecule has 14 heteroatoms. The second-order valence-corrected chi connectivity index (χ2v) is 12.4. The van der Waals surface area contributed by atoms with Gasteiger partial charge in [0.15, 0.2) is 22.1 Å². The van der Waals surface area contributed by atoms with Crippen LogP contribution < -0.4 is 31.2 Å². The summed E-state index contributed by atoms with van der Waals surface area (Å²) in [5.41, 5.74) is -2.22. The molecule has 0 aliphatic rings. The van der Waals surface area contributed by atoms with Crippen molar-refractivity contribution in [2.24, 2.45) is 0 Å². The lowest BCUT2D eigenvalue weighted by Crippen LogP contribution is -2.16. The lowest BCUT2D eigenvalue weighted by Gasteiger charge is -2.17. The highest BCUT2D eigenvalue weighted by Gasteiger charge is 2.25. The highest BCUT2D eigenvalue weighted by molar-refractivity contribution is 7.00. The number of benzene rings is 5. The van der Waals surface area contributed by atoms with Gasteiger partial charge in [0.05, 0.1) is 36.7 Å². The molecule has 2 heterocycles. The maximum atomic E-state index is 14.2. The van der Waals surface area contributed by atoms with Gasteiger partial charge in [-0.15, -0.1) is 0 Å². The molecule has 0 unspecified atom stereocenters. The molecule has 12 nitrogen and oxygen atoms in total. The lowest BCUT2D eigenvalue weighted by atomic mass is 9.91. The van der Waals surface area contributed by atoms with Crippen molar-refractivity contribution in [3.05, 3.63) is 65.2 Å². The first-order valence-corrected chi connectivity index (χ1v) is 17.3. The van der Waals surface area contributed by atoms with Crippen LogP contribution in [0.5, 0.6) is 11.5 Å². The molecular formula is C34H30N4O8S2. The van der Waals surface area contributed by atoms with Crippen LogP contribution in [-0.2, 0) is 9.47 Å². The predicted molar refractivity (Wildman–Crippen MR) is 188 cm³/mol. The van der Waals surface area contributed by atoms with E-state index in [4.69, 9.17) is 18.9 Å². The Hall–Kier alpha value is -4.50. The van der Waals surface area contributed by atoms with E-state index in [2.05, 4.69) is 31.3 Å². The van der Waals surface area contributed by atoms with E-state index in [1.54, 1.807) is 12.1 Å². The van der Waals surface area contributed by atoms with Gasteiger partial charge in [-0.3, -0.25) is 19.2 Å². The van der Waals surface area contributed by atoms with E-state index in [1.807, 2.05) is 0 Å². The maximum Gasteiger partial charge on any atom is 0.216 e. The van der Waals surface area contributed by atoms with Crippen LogP contribution in [0.2, 0.25) is 0 Å². The van der Waals surface area contributed by atoms with Gasteiger partial charge in [-0.1, -0.05) is 26.7 Å². The van der Waals surface area contributed by atoms with Crippen LogP contribution in [0.1, 0.15) is 39.5 Å². The molecule has 0 N–H and O–H groups in total. The van der Waals surface area contributed by atoms with Gasteiger partial charge in [-0.2, -0.15) is 17.5 Å². The topological polar surface area (TPSA) is 157 Å². The minimum Gasteiger partial charge on any atom is -0.491 e. The van der Waals surface area contributed by atoms with Gasteiger partial charge in [-0.05, 0) is 37.1 Å². The number of ether oxygens (including phenoxy) is 4. The van der Waals surface area contributed by atoms with Crippen LogP contribution in [-0.4, -0.2) is 57.1 Å². The van der Waals surface area contributed by atoms with Gasteiger partial charge < -0.3 is 18.9 Å². The molecular weight excluding hydrogens is 657 g/mol. The molecule has 7 rings (SSSR count). The van der Waals surface area contributed by atoms with Crippen molar-refractivity contribution in [1.29, 1.82) is 0 Å². The van der Waals surface area contributed by atoms with Crippen LogP contribution in [0.3, 0.4) is 0 Å². The summed E-state index contributed by atoms with van der Waals surface area (Å²) in [6.07, 6.45) is 3.82. The third kappa shape index (κ3) is 5.38. The largest absolute Gasteiger partial charge is 0.491 e. The Morgan fingerprint density at radius 1 is 0.500 bits per heavy atom. The SMILES string of the molecule is CCCCOCCOc1cc2c(=O)c3nsnc3c(=O)c2c2c1ccc1c(OCCOCCCC)cc3c(=O)c4nsnc4c(=O)c3c12. The van der Waals surface area contributed by atoms with Crippen molar-refractivity contribution in [3.63, 3.8) is 0 Å². The second kappa shape index (κ2) is 13.5. The van der Waals surface area contributed by atoms with E-state index in [9.17, 15) is 19.2 Å². The number of aromatic nitrogens is 4. The zero-order chi connectivity index (χ0) is 33.4. The van der Waals surface area contributed by atoms with E-state index >= 15 is 0 Å². The molecule has 0 saturated heterocycles. The third-order valence-corrected chi connectivity index (χ3v) is 9.42. The summed E-state index contributed by atoms with van der Waals surface area (Å²) < 4.78 is 40.3. The van der Waals surface area contributed by atoms with Crippen molar-refractivity contribution in [1.82, 2.24) is 17.5 Å². The molecule has 0 radical (unpaired) electrons. The Kier molecular flexibility index (Phi) is 9.05. The highest BCUT2D eigenvalue weighted by atomic mass is 32.1. The first-order valence-electron chi connectivity index (χ1n) is 15.8. The molecule has 0 bridgehead atoms. The Bertz CT molecular complexity index is 2380. The number of hydrogen-bond acceptors (Lipinski definition) is 14. The van der Waals surface area contributed by atoms with Crippen LogP contribution in [0, 0.1) is 0 Å². The summed E-state index contributed by atoms with van der Waals surface area (Å²) >= 11 is 1.54. The molecule has 0 spiro atoms. The number of fused-ring (bicyclic) bond motifs is 9. The summed E-state index contributed by atoms with van der Waals surface area (Å²) in [5, 5.41) is 1.72. The molecule has 246 valence electrons. The predicted octanol–water partition coefficient (Wildman–Crippen LogP) is 5.02. The van der Waals surface area contributed by atoms with E-state index < -0.39 is 21.7 Å². The third-order valence-electron chi connectivity index (χ3n) is 8.36. The minimum atomic E-state index is -0.518. The first kappa shape index (κ1) is 32.1. The van der Waals surface area contributed by atoms with Gasteiger partial charge in [0.1, 0.15) is 24.7 Å². The summed E-state index contributed by atoms with van der Waals surface area (Å²) in [6.45, 7) is 6.28. The van der Waals surface area contributed by atoms with E-state index in [0.29, 0.717) is 48.7 Å². The molecule has 0 amide bonds. The Morgan fingerprint density at radius 2 is 0.896 bits per heavy atom. The standard InChI is InChI=1S/C34H30N4O8S2/c1-3-5-9-43-11-13-45-21-15-19-25(33(41)29-27(31(19)39)35-47-37-29)23-17(21)7-8-18-22(46-14-12-44-10-6-4-2)16-20-26(24(18)23)34(42)30-28(32(20)40)36-48-38-30/h7-8,15-16H,3-6,9-14H2,1-2H3. The fraction of sp³-hybridized carbons (Fsp3) is 0.353. The zero-order valence-electron chi connectivity index (χ0n) is 26.3. The molecule has 48 heavy (non-hydrogen) atoms. The molecule has 0 saturated carbocycles. The van der Waals surface area contributed by atoms with Crippen molar-refractivity contribution in [2.75, 3.05) is 39.6 Å². The van der Waals surface area contributed by atoms with Crippen molar-refractivity contribution >= 4 is 88.6 Å². The quantitative estimate of drug-likeness (QED) is 0.111. The van der Waals surface area contributed by atoms with Crippen LogP contribution in [0.15, 0.2) is 43.4 Å². The maximum absolute atomic E-state index is 14.2.